The standard InChI is InChI=1S/C42H46N8O6/c1-40(23-42(55-14-15-56-42)25-50(40)36(52)21-43-2)38-45-20-32(48-38)27-6-4-26(5-7-27)28-8-9-30-17-31(11-10-29(30)16-28)33-19-44-37(47-33)34-18-41(12-13-41)24-49(34)35(51)22-46-39(53)54-3/h4-11,16-17,19-20,34,43H,12-15,18,21-25H2,1-3H3,(H,44,47)(H,45,48)(H,46,53)/t34-,40-/m0/s1. The van der Waals surface area contributed by atoms with E-state index in [1.807, 2.05) is 29.1 Å². The average molecular weight is 759 g/mol. The molecule has 3 aliphatic heterocycles. The maximum absolute atomic E-state index is 13.2. The molecule has 2 atom stereocenters. The SMILES string of the molecule is CNCC(=O)N1CC2(C[C@@]1(C)c1ncc(-c3ccc(-c4ccc5cc(-c6cnc([C@@H]7CC8(CC8)CN7C(=O)CNC(=O)OC)[nH]6)ccc5c4)cc3)[nH]1)OCCO2. The summed E-state index contributed by atoms with van der Waals surface area (Å²) in [5.74, 6) is 0.471. The fourth-order valence-electron chi connectivity index (χ4n) is 8.86. The Bertz CT molecular complexity index is 2310. The van der Waals surface area contributed by atoms with Crippen molar-refractivity contribution in [2.75, 3.05) is 53.6 Å². The molecule has 14 heteroatoms. The lowest BCUT2D eigenvalue weighted by molar-refractivity contribution is -0.152. The number of alkyl carbamates (subject to hydrolysis) is 1. The van der Waals surface area contributed by atoms with Crippen LogP contribution in [-0.4, -0.2) is 107 Å². The topological polar surface area (TPSA) is 167 Å². The van der Waals surface area contributed by atoms with E-state index in [2.05, 4.69) is 86.0 Å². The predicted molar refractivity (Wildman–Crippen MR) is 208 cm³/mol. The highest BCUT2D eigenvalue weighted by Gasteiger charge is 2.58. The molecule has 56 heavy (non-hydrogen) atoms. The van der Waals surface area contributed by atoms with Gasteiger partial charge in [-0.05, 0) is 78.2 Å². The molecule has 14 nitrogen and oxygen atoms in total. The molecule has 5 heterocycles. The zero-order valence-electron chi connectivity index (χ0n) is 31.8. The summed E-state index contributed by atoms with van der Waals surface area (Å²) in [5, 5.41) is 7.71. The number of fused-ring (bicyclic) bond motifs is 1. The number of H-pyrrole nitrogens is 2. The van der Waals surface area contributed by atoms with Gasteiger partial charge in [0.15, 0.2) is 5.79 Å². The molecule has 3 amide bonds. The lowest BCUT2D eigenvalue weighted by atomic mass is 9.95. The van der Waals surface area contributed by atoms with Gasteiger partial charge >= 0.3 is 6.09 Å². The molecule has 4 fully saturated rings. The number of rotatable bonds is 9. The van der Waals surface area contributed by atoms with Gasteiger partial charge in [0.05, 0.1) is 63.2 Å². The quantitative estimate of drug-likeness (QED) is 0.160. The van der Waals surface area contributed by atoms with Crippen LogP contribution in [0.3, 0.4) is 0 Å². The second-order valence-corrected chi connectivity index (χ2v) is 15.8. The van der Waals surface area contributed by atoms with Crippen LogP contribution in [0.2, 0.25) is 0 Å². The number of likely N-dealkylation sites (N-methyl/N-ethyl adjacent to an activating group) is 1. The molecule has 1 aliphatic carbocycles. The smallest absolute Gasteiger partial charge is 0.407 e. The van der Waals surface area contributed by atoms with Gasteiger partial charge in [0.1, 0.15) is 23.7 Å². The van der Waals surface area contributed by atoms with E-state index in [0.717, 1.165) is 69.5 Å². The molecular weight excluding hydrogens is 713 g/mol. The van der Waals surface area contributed by atoms with Crippen LogP contribution in [0.15, 0.2) is 73.1 Å². The monoisotopic (exact) mass is 758 g/mol. The third-order valence-corrected chi connectivity index (χ3v) is 12.1. The van der Waals surface area contributed by atoms with E-state index in [0.29, 0.717) is 38.5 Å². The normalized spacial score (nSPS) is 22.0. The number of ether oxygens (including phenoxy) is 3. The average Bonchev–Trinajstić information content (AvgIpc) is 3.83. The number of hydrogen-bond acceptors (Lipinski definition) is 9. The molecule has 0 unspecified atom stereocenters. The Hall–Kier alpha value is -5.57. The van der Waals surface area contributed by atoms with E-state index in [1.54, 1.807) is 7.05 Å². The molecule has 2 spiro atoms. The van der Waals surface area contributed by atoms with Crippen LogP contribution in [0.4, 0.5) is 4.79 Å². The Labute approximate surface area is 324 Å². The van der Waals surface area contributed by atoms with Gasteiger partial charge in [-0.2, -0.15) is 0 Å². The molecule has 5 aromatic rings. The number of likely N-dealkylation sites (tertiary alicyclic amines) is 2. The summed E-state index contributed by atoms with van der Waals surface area (Å²) >= 11 is 0. The van der Waals surface area contributed by atoms with Crippen molar-refractivity contribution in [3.63, 3.8) is 0 Å². The van der Waals surface area contributed by atoms with Crippen LogP contribution in [0, 0.1) is 5.41 Å². The van der Waals surface area contributed by atoms with Gasteiger partial charge in [0, 0.05) is 18.5 Å². The molecule has 2 aromatic heterocycles. The van der Waals surface area contributed by atoms with Gasteiger partial charge in [-0.1, -0.05) is 48.5 Å². The largest absolute Gasteiger partial charge is 0.453 e. The van der Waals surface area contributed by atoms with Gasteiger partial charge in [-0.15, -0.1) is 0 Å². The van der Waals surface area contributed by atoms with Crippen molar-refractivity contribution in [3.8, 4) is 33.6 Å². The van der Waals surface area contributed by atoms with Crippen LogP contribution >= 0.6 is 0 Å². The second kappa shape index (κ2) is 13.9. The number of aromatic amines is 2. The minimum absolute atomic E-state index is 0.0318. The molecular formula is C42H46N8O6. The third kappa shape index (κ3) is 6.50. The first-order chi connectivity index (χ1) is 27.1. The number of nitrogens with zero attached hydrogens (tertiary/aromatic N) is 4. The Morgan fingerprint density at radius 3 is 2.21 bits per heavy atom. The Morgan fingerprint density at radius 1 is 0.839 bits per heavy atom. The fraction of sp³-hybridized carbons (Fsp3) is 0.405. The summed E-state index contributed by atoms with van der Waals surface area (Å²) in [4.78, 5) is 58.1. The first-order valence-corrected chi connectivity index (χ1v) is 19.2. The molecule has 3 saturated heterocycles. The van der Waals surface area contributed by atoms with Crippen LogP contribution in [0.1, 0.15) is 50.3 Å². The second-order valence-electron chi connectivity index (χ2n) is 15.8. The maximum Gasteiger partial charge on any atom is 0.407 e. The summed E-state index contributed by atoms with van der Waals surface area (Å²) in [7, 11) is 3.05. The summed E-state index contributed by atoms with van der Waals surface area (Å²) in [6.07, 6.45) is 6.59. The summed E-state index contributed by atoms with van der Waals surface area (Å²) in [6.45, 7) is 4.18. The number of carbonyl (C=O) groups excluding carboxylic acids is 3. The molecule has 0 radical (unpaired) electrons. The van der Waals surface area contributed by atoms with Gasteiger partial charge in [0.2, 0.25) is 11.8 Å². The lowest BCUT2D eigenvalue weighted by Crippen LogP contribution is -2.47. The van der Waals surface area contributed by atoms with E-state index >= 15 is 0 Å². The molecule has 1 saturated carbocycles. The van der Waals surface area contributed by atoms with Crippen LogP contribution in [-0.2, 0) is 29.3 Å². The molecule has 9 rings (SSSR count). The number of imidazole rings is 2. The van der Waals surface area contributed by atoms with Crippen molar-refractivity contribution in [2.45, 2.75) is 50.0 Å². The van der Waals surface area contributed by atoms with Crippen molar-refractivity contribution in [1.29, 1.82) is 0 Å². The van der Waals surface area contributed by atoms with Crippen LogP contribution < -0.4 is 10.6 Å². The Morgan fingerprint density at radius 2 is 1.50 bits per heavy atom. The molecule has 4 N–H and O–H groups in total. The number of hydrogen-bond donors (Lipinski definition) is 4. The van der Waals surface area contributed by atoms with Gasteiger partial charge < -0.3 is 44.6 Å². The lowest BCUT2D eigenvalue weighted by Gasteiger charge is -2.32. The predicted octanol–water partition coefficient (Wildman–Crippen LogP) is 5.11. The van der Waals surface area contributed by atoms with Gasteiger partial charge in [-0.3, -0.25) is 9.59 Å². The van der Waals surface area contributed by atoms with Gasteiger partial charge in [0.25, 0.3) is 0 Å². The van der Waals surface area contributed by atoms with Crippen molar-refractivity contribution in [1.82, 2.24) is 40.4 Å². The zero-order chi connectivity index (χ0) is 38.7. The molecule has 3 aromatic carbocycles. The number of nitrogens with one attached hydrogen (secondary N) is 4. The Kier molecular flexibility index (Phi) is 8.94. The fourth-order valence-corrected chi connectivity index (χ4v) is 8.86. The molecule has 4 aliphatic rings. The molecule has 290 valence electrons. The van der Waals surface area contributed by atoms with Crippen LogP contribution in [0.25, 0.3) is 44.4 Å². The van der Waals surface area contributed by atoms with E-state index in [9.17, 15) is 14.4 Å². The van der Waals surface area contributed by atoms with E-state index in [4.69, 9.17) is 19.4 Å². The Balaban J connectivity index is 0.901. The number of carbonyl (C=O) groups is 3. The summed E-state index contributed by atoms with van der Waals surface area (Å²) < 4.78 is 16.7. The van der Waals surface area contributed by atoms with E-state index in [1.165, 1.54) is 7.11 Å². The van der Waals surface area contributed by atoms with Crippen LogP contribution in [0.5, 0.6) is 0 Å². The first kappa shape index (κ1) is 36.1. The summed E-state index contributed by atoms with van der Waals surface area (Å²) in [6, 6.07) is 21.1. The highest BCUT2D eigenvalue weighted by molar-refractivity contribution is 5.90. The molecule has 0 bridgehead atoms. The third-order valence-electron chi connectivity index (χ3n) is 12.1. The minimum Gasteiger partial charge on any atom is -0.453 e. The highest BCUT2D eigenvalue weighted by Crippen LogP contribution is 2.58. The zero-order valence-corrected chi connectivity index (χ0v) is 31.8. The minimum atomic E-state index is -0.815. The van der Waals surface area contributed by atoms with Gasteiger partial charge in [-0.25, -0.2) is 14.8 Å². The number of amides is 3. The number of benzene rings is 3. The first-order valence-electron chi connectivity index (χ1n) is 19.2. The number of methoxy groups -OCH3 is 1. The maximum atomic E-state index is 13.2. The van der Waals surface area contributed by atoms with E-state index in [-0.39, 0.29) is 36.4 Å². The van der Waals surface area contributed by atoms with Crippen molar-refractivity contribution >= 4 is 28.7 Å². The van der Waals surface area contributed by atoms with E-state index < -0.39 is 17.4 Å². The highest BCUT2D eigenvalue weighted by atomic mass is 16.7. The van der Waals surface area contributed by atoms with Crippen molar-refractivity contribution < 1.29 is 28.6 Å². The summed E-state index contributed by atoms with van der Waals surface area (Å²) in [5.41, 5.74) is 5.38. The number of aromatic nitrogens is 4. The van der Waals surface area contributed by atoms with Crippen molar-refractivity contribution in [3.05, 3.63) is 84.7 Å². The van der Waals surface area contributed by atoms with Crippen molar-refractivity contribution in [2.24, 2.45) is 5.41 Å².